The van der Waals surface area contributed by atoms with E-state index in [1.165, 1.54) is 41.4 Å². The fourth-order valence-electron chi connectivity index (χ4n) is 15.4. The maximum atomic E-state index is 13.7. The van der Waals surface area contributed by atoms with Crippen molar-refractivity contribution in [3.8, 4) is 11.5 Å². The van der Waals surface area contributed by atoms with Crippen molar-refractivity contribution in [3.63, 3.8) is 0 Å². The molecule has 4 aliphatic heterocycles. The number of aliphatic hydroxyl groups is 2. The molecule has 0 saturated carbocycles. The number of aliphatic hydroxyl groups excluding tert-OH is 2. The number of hydrogen-bond donors (Lipinski definition) is 2. The van der Waals surface area contributed by atoms with E-state index in [9.17, 15) is 37.8 Å². The quantitative estimate of drug-likeness (QED) is 0.0780. The number of halogens is 3. The van der Waals surface area contributed by atoms with E-state index < -0.39 is 5.60 Å². The number of hydrogen-bond acceptors (Lipinski definition) is 12. The Morgan fingerprint density at radius 1 is 0.477 bits per heavy atom. The first-order chi connectivity index (χ1) is 52.8. The third-order valence-corrected chi connectivity index (χ3v) is 20.9. The van der Waals surface area contributed by atoms with Crippen LogP contribution in [-0.2, 0) is 55.5 Å². The first kappa shape index (κ1) is 76.8. The molecule has 109 heavy (non-hydrogen) atoms. The smallest absolute Gasteiger partial charge is 0.410 e. The fourth-order valence-corrected chi connectivity index (χ4v) is 15.4. The van der Waals surface area contributed by atoms with Gasteiger partial charge >= 0.3 is 6.09 Å². The summed E-state index contributed by atoms with van der Waals surface area (Å²) in [4.78, 5) is 59.7. The molecular weight excluding hydrogens is 1380 g/mol. The van der Waals surface area contributed by atoms with Gasteiger partial charge in [-0.15, -0.1) is 0 Å². The zero-order valence-electron chi connectivity index (χ0n) is 62.9. The van der Waals surface area contributed by atoms with Crippen molar-refractivity contribution in [3.05, 3.63) is 256 Å². The number of aromatic nitrogens is 6. The lowest BCUT2D eigenvalue weighted by atomic mass is 9.94. The van der Waals surface area contributed by atoms with Crippen LogP contribution in [0.15, 0.2) is 182 Å². The molecule has 15 rings (SSSR count). The van der Waals surface area contributed by atoms with Crippen LogP contribution >= 0.6 is 0 Å². The fraction of sp³-hybridized carbons (Fsp3) is 0.386. The third-order valence-electron chi connectivity index (χ3n) is 20.9. The second-order valence-corrected chi connectivity index (χ2v) is 30.4. The molecule has 7 heterocycles. The number of carbonyl (C=O) groups is 3. The first-order valence-corrected chi connectivity index (χ1v) is 38.3. The lowest BCUT2D eigenvalue weighted by molar-refractivity contribution is 0.0202. The molecule has 21 heteroatoms. The van der Waals surface area contributed by atoms with Crippen molar-refractivity contribution in [1.29, 1.82) is 0 Å². The number of ether oxygens (including phenoxy) is 4. The molecular formula is C88H98F3N9O9. The van der Waals surface area contributed by atoms with Gasteiger partial charge in [0.2, 0.25) is 0 Å². The van der Waals surface area contributed by atoms with Crippen LogP contribution in [0.1, 0.15) is 170 Å². The Labute approximate surface area is 635 Å². The van der Waals surface area contributed by atoms with Crippen molar-refractivity contribution in [2.75, 3.05) is 52.5 Å². The summed E-state index contributed by atoms with van der Waals surface area (Å²) in [6.07, 6.45) is 6.96. The lowest BCUT2D eigenvalue weighted by Gasteiger charge is -2.33. The van der Waals surface area contributed by atoms with E-state index in [1.807, 2.05) is 67.0 Å². The molecule has 8 aromatic carbocycles. The zero-order chi connectivity index (χ0) is 76.1. The molecule has 0 aliphatic carbocycles. The number of likely N-dealkylation sites (tertiary alicyclic amines) is 3. The van der Waals surface area contributed by atoms with E-state index in [0.29, 0.717) is 108 Å². The molecule has 4 aliphatic rings. The van der Waals surface area contributed by atoms with Crippen LogP contribution in [0.4, 0.5) is 18.0 Å². The average molecular weight is 1480 g/mol. The third kappa shape index (κ3) is 19.2. The number of rotatable bonds is 19. The molecule has 0 unspecified atom stereocenters. The Hall–Kier alpha value is -10.4. The summed E-state index contributed by atoms with van der Waals surface area (Å²) in [6.45, 7) is 17.9. The van der Waals surface area contributed by atoms with Crippen LogP contribution in [0, 0.1) is 29.3 Å². The van der Waals surface area contributed by atoms with Crippen molar-refractivity contribution >= 4 is 51.0 Å². The summed E-state index contributed by atoms with van der Waals surface area (Å²) >= 11 is 0. The lowest BCUT2D eigenvalue weighted by Crippen LogP contribution is -2.41. The molecule has 0 bridgehead atoms. The van der Waals surface area contributed by atoms with Gasteiger partial charge in [-0.05, 0) is 210 Å². The summed E-state index contributed by atoms with van der Waals surface area (Å²) in [5.41, 5.74) is 10.3. The summed E-state index contributed by atoms with van der Waals surface area (Å²) in [5, 5.41) is 19.9. The minimum atomic E-state index is -0.493. The Balaban J connectivity index is 0.000000146. The van der Waals surface area contributed by atoms with Gasteiger partial charge in [-0.2, -0.15) is 0 Å². The minimum Gasteiger partial charge on any atom is -0.489 e. The summed E-state index contributed by atoms with van der Waals surface area (Å²) < 4.78 is 70.4. The molecule has 2 N–H and O–H groups in total. The van der Waals surface area contributed by atoms with Gasteiger partial charge in [-0.25, -0.2) is 32.9 Å². The van der Waals surface area contributed by atoms with Crippen LogP contribution in [0.2, 0.25) is 0 Å². The molecule has 11 aromatic rings. The normalized spacial score (nSPS) is 15.6. The van der Waals surface area contributed by atoms with Crippen LogP contribution in [0.5, 0.6) is 11.5 Å². The van der Waals surface area contributed by atoms with Gasteiger partial charge in [0, 0.05) is 112 Å². The van der Waals surface area contributed by atoms with Gasteiger partial charge in [0.15, 0.2) is 0 Å². The molecule has 3 aromatic heterocycles. The van der Waals surface area contributed by atoms with Crippen molar-refractivity contribution < 1.29 is 56.7 Å². The highest BCUT2D eigenvalue weighted by atomic mass is 19.1. The Morgan fingerprint density at radius 3 is 1.30 bits per heavy atom. The van der Waals surface area contributed by atoms with Crippen molar-refractivity contribution in [1.82, 2.24) is 43.4 Å². The number of piperidine rings is 3. The average Bonchev–Trinajstić information content (AvgIpc) is 1.63. The number of nitrogens with zero attached hydrogens (tertiary/aromatic N) is 9. The van der Waals surface area contributed by atoms with Gasteiger partial charge in [0.05, 0.1) is 46.3 Å². The highest BCUT2D eigenvalue weighted by Crippen LogP contribution is 2.37. The Bertz CT molecular complexity index is 4940. The molecule has 570 valence electrons. The van der Waals surface area contributed by atoms with Crippen LogP contribution < -0.4 is 9.47 Å². The van der Waals surface area contributed by atoms with Crippen molar-refractivity contribution in [2.24, 2.45) is 11.8 Å². The SMILES string of the molecule is CC(C)(C)OC(=O)N1CCC(c2nc3ccccc3n2Cc2cccc(F)c2)CC1.CC(C)Cn1c(C2CCN(C(=O)c3ccc(OCc4cccc(F)c4)c(CO)c3)CC2)nc2ccccc21.O=C(c1ccc(OCc2cccc(F)c2)c(CO)c1)N1CCC(c2nc3ccccc3n2CC2CCOCC2)CC1. The molecule has 0 spiro atoms. The minimum absolute atomic E-state index is 0.0504. The maximum Gasteiger partial charge on any atom is 0.410 e. The van der Waals surface area contributed by atoms with Crippen molar-refractivity contribution in [2.45, 2.75) is 155 Å². The van der Waals surface area contributed by atoms with Gasteiger partial charge in [-0.1, -0.05) is 86.6 Å². The second-order valence-electron chi connectivity index (χ2n) is 30.4. The molecule has 4 fully saturated rings. The van der Waals surface area contributed by atoms with E-state index >= 15 is 0 Å². The standard InChI is InChI=1S/C33H36FN3O4.C31H34FN3O3.C24H28FN3O2/c34-28-5-3-4-24(18-28)22-41-31-9-8-26(19-27(31)21-38)33(39)36-14-10-25(11-15-36)32-35-29-6-1-2-7-30(29)37(32)20-23-12-16-40-17-13-23;1-21(2)18-35-28-9-4-3-8-27(28)33-30(35)23-12-14-34(15-13-23)31(37)24-10-11-29(25(17-24)19-36)38-20-22-6-5-7-26(32)16-22;1-24(2,3)30-23(29)27-13-11-18(12-14-27)22-26-20-9-4-5-10-21(20)28(22)16-17-7-6-8-19(25)15-17/h1-9,18-19,23,25,38H,10-17,20-22H2;3-11,16-17,21,23,36H,12-15,18-20H2,1-2H3;4-10,15,18H,11-14,16H2,1-3H3. The maximum absolute atomic E-state index is 13.7. The number of carbonyl (C=O) groups excluding carboxylic acids is 3. The van der Waals surface area contributed by atoms with Gasteiger partial charge < -0.3 is 57.6 Å². The number of para-hydroxylation sites is 6. The monoisotopic (exact) mass is 1480 g/mol. The summed E-state index contributed by atoms with van der Waals surface area (Å²) in [5.74, 6) is 5.17. The molecule has 0 atom stereocenters. The topological polar surface area (TPSA) is 192 Å². The predicted molar refractivity (Wildman–Crippen MR) is 415 cm³/mol. The van der Waals surface area contributed by atoms with Gasteiger partial charge in [0.25, 0.3) is 11.8 Å². The molecule has 0 radical (unpaired) electrons. The summed E-state index contributed by atoms with van der Waals surface area (Å²) in [6, 6.07) is 54.1. The number of amides is 3. The Kier molecular flexibility index (Phi) is 24.9. The highest BCUT2D eigenvalue weighted by molar-refractivity contribution is 5.95. The molecule has 4 saturated heterocycles. The Morgan fingerprint density at radius 2 is 0.872 bits per heavy atom. The van der Waals surface area contributed by atoms with Gasteiger partial charge in [0.1, 0.15) is 65.2 Å². The van der Waals surface area contributed by atoms with Gasteiger partial charge in [-0.3, -0.25) is 9.59 Å². The van der Waals surface area contributed by atoms with E-state index in [4.69, 9.17) is 33.9 Å². The number of imidazole rings is 3. The van der Waals surface area contributed by atoms with E-state index in [1.54, 1.807) is 77.7 Å². The number of benzene rings is 8. The first-order valence-electron chi connectivity index (χ1n) is 38.3. The second kappa shape index (κ2) is 35.3. The highest BCUT2D eigenvalue weighted by Gasteiger charge is 2.34. The van der Waals surface area contributed by atoms with E-state index in [2.05, 4.69) is 70.0 Å². The molecule has 18 nitrogen and oxygen atoms in total. The largest absolute Gasteiger partial charge is 0.489 e. The van der Waals surface area contributed by atoms with E-state index in [0.717, 1.165) is 123 Å². The van der Waals surface area contributed by atoms with Crippen LogP contribution in [0.25, 0.3) is 33.1 Å². The zero-order valence-corrected chi connectivity index (χ0v) is 62.9. The predicted octanol–water partition coefficient (Wildman–Crippen LogP) is 17.0. The summed E-state index contributed by atoms with van der Waals surface area (Å²) in [7, 11) is 0. The molecule has 3 amide bonds. The van der Waals surface area contributed by atoms with Crippen LogP contribution in [0.3, 0.4) is 0 Å². The van der Waals surface area contributed by atoms with E-state index in [-0.39, 0.29) is 73.6 Å². The van der Waals surface area contributed by atoms with Crippen LogP contribution in [-0.4, -0.2) is 130 Å². The number of fused-ring (bicyclic) bond motifs is 3.